The molecule has 0 spiro atoms. The topological polar surface area (TPSA) is 86.3 Å². The number of terminal acetylenes is 1. The lowest BCUT2D eigenvalue weighted by Gasteiger charge is -2.32. The van der Waals surface area contributed by atoms with Gasteiger partial charge in [-0.1, -0.05) is 17.7 Å². The number of halogens is 3. The van der Waals surface area contributed by atoms with Crippen LogP contribution < -0.4 is 10.5 Å². The molecule has 0 radical (unpaired) electrons. The smallest absolute Gasteiger partial charge is 0.233 e. The zero-order valence-corrected chi connectivity index (χ0v) is 18.1. The van der Waals surface area contributed by atoms with Gasteiger partial charge in [-0.25, -0.2) is 28.1 Å². The highest BCUT2D eigenvalue weighted by molar-refractivity contribution is 8.14. The summed E-state index contributed by atoms with van der Waals surface area (Å²) in [4.78, 5) is 17.3. The van der Waals surface area contributed by atoms with Crippen molar-refractivity contribution in [2.45, 2.75) is 23.6 Å². The van der Waals surface area contributed by atoms with Crippen LogP contribution in [0.4, 0.5) is 13.2 Å². The molecule has 3 aromatic rings. The lowest BCUT2D eigenvalue weighted by atomic mass is 9.84. The van der Waals surface area contributed by atoms with Gasteiger partial charge in [0.05, 0.1) is 17.4 Å². The molecule has 3 heterocycles. The van der Waals surface area contributed by atoms with E-state index in [-0.39, 0.29) is 40.8 Å². The molecule has 1 fully saturated rings. The number of hydrogen-bond donors (Lipinski definition) is 1. The fourth-order valence-electron chi connectivity index (χ4n) is 4.28. The maximum atomic E-state index is 14.9. The van der Waals surface area contributed by atoms with E-state index in [0.717, 1.165) is 6.07 Å². The van der Waals surface area contributed by atoms with E-state index >= 15 is 0 Å². The first-order chi connectivity index (χ1) is 15.9. The molecule has 0 amide bonds. The molecule has 5 rings (SSSR count). The molecule has 0 unspecified atom stereocenters. The summed E-state index contributed by atoms with van der Waals surface area (Å²) >= 11 is 1.35. The van der Waals surface area contributed by atoms with Crippen LogP contribution in [0.25, 0.3) is 11.0 Å². The van der Waals surface area contributed by atoms with Gasteiger partial charge in [0.15, 0.2) is 23.4 Å². The highest BCUT2D eigenvalue weighted by Gasteiger charge is 2.58. The van der Waals surface area contributed by atoms with Crippen molar-refractivity contribution in [2.24, 2.45) is 16.6 Å². The number of hydrogen-bond acceptors (Lipinski definition) is 7. The van der Waals surface area contributed by atoms with E-state index < -0.39 is 23.8 Å². The summed E-state index contributed by atoms with van der Waals surface area (Å²) in [7, 11) is 0. The van der Waals surface area contributed by atoms with Crippen LogP contribution in [0.1, 0.15) is 23.2 Å². The predicted molar refractivity (Wildman–Crippen MR) is 120 cm³/mol. The first-order valence-corrected chi connectivity index (χ1v) is 11.1. The molecule has 168 valence electrons. The molecule has 1 aliphatic heterocycles. The predicted octanol–water partition coefficient (Wildman–Crippen LogP) is 3.52. The number of alkyl halides is 1. The van der Waals surface area contributed by atoms with Gasteiger partial charge in [0.1, 0.15) is 17.7 Å². The number of nitrogens with two attached hydrogens (primary N) is 1. The zero-order valence-electron chi connectivity index (χ0n) is 17.3. The van der Waals surface area contributed by atoms with Crippen molar-refractivity contribution in [2.75, 3.05) is 13.3 Å². The van der Waals surface area contributed by atoms with Crippen molar-refractivity contribution < 1.29 is 17.9 Å². The van der Waals surface area contributed by atoms with Crippen LogP contribution >= 0.6 is 11.8 Å². The summed E-state index contributed by atoms with van der Waals surface area (Å²) in [6.07, 6.45) is 8.94. The summed E-state index contributed by atoms with van der Waals surface area (Å²) in [5.41, 5.74) is 6.15. The third-order valence-corrected chi connectivity index (χ3v) is 7.03. The summed E-state index contributed by atoms with van der Waals surface area (Å²) in [6, 6.07) is 4.20. The van der Waals surface area contributed by atoms with Crippen LogP contribution in [0.2, 0.25) is 0 Å². The Morgan fingerprint density at radius 3 is 2.94 bits per heavy atom. The number of aromatic nitrogens is 3. The van der Waals surface area contributed by atoms with Crippen LogP contribution in [-0.4, -0.2) is 38.7 Å². The van der Waals surface area contributed by atoms with E-state index in [0.29, 0.717) is 28.7 Å². The van der Waals surface area contributed by atoms with E-state index in [1.165, 1.54) is 24.0 Å². The highest BCUT2D eigenvalue weighted by atomic mass is 32.2. The average Bonchev–Trinajstić information content (AvgIpc) is 3.59. The molecule has 0 bridgehead atoms. The second-order valence-electron chi connectivity index (χ2n) is 7.95. The second kappa shape index (κ2) is 8.23. The van der Waals surface area contributed by atoms with Gasteiger partial charge in [0.25, 0.3) is 0 Å². The number of thioether (sulfide) groups is 1. The van der Waals surface area contributed by atoms with Crippen molar-refractivity contribution in [1.82, 2.24) is 15.0 Å². The zero-order chi connectivity index (χ0) is 23.2. The largest absolute Gasteiger partial charge is 0.463 e. The Balaban J connectivity index is 1.54. The van der Waals surface area contributed by atoms with Gasteiger partial charge in [0, 0.05) is 29.3 Å². The van der Waals surface area contributed by atoms with E-state index in [9.17, 15) is 13.2 Å². The SMILES string of the molecule is C#CCOc1cnc2c(Cc3cc(F)c(F)c([C@@]4(CF)N=C(N)S[C@H]5C[C@H]54)c3)nccc2n1. The Bertz CT molecular complexity index is 1330. The third-order valence-electron chi connectivity index (χ3n) is 5.87. The number of amidine groups is 1. The van der Waals surface area contributed by atoms with Crippen LogP contribution in [0, 0.1) is 29.9 Å². The number of rotatable bonds is 6. The van der Waals surface area contributed by atoms with Gasteiger partial charge < -0.3 is 10.5 Å². The molecule has 1 saturated carbocycles. The monoisotopic (exact) mass is 469 g/mol. The number of pyridine rings is 1. The van der Waals surface area contributed by atoms with Crippen LogP contribution in [0.5, 0.6) is 5.88 Å². The fraction of sp³-hybridized carbons (Fsp3) is 0.304. The van der Waals surface area contributed by atoms with Gasteiger partial charge >= 0.3 is 0 Å². The molecule has 2 N–H and O–H groups in total. The highest BCUT2D eigenvalue weighted by Crippen LogP contribution is 2.58. The summed E-state index contributed by atoms with van der Waals surface area (Å²) in [6.45, 7) is -0.910. The lowest BCUT2D eigenvalue weighted by molar-refractivity contribution is 0.268. The van der Waals surface area contributed by atoms with Gasteiger partial charge in [-0.05, 0) is 30.2 Å². The van der Waals surface area contributed by atoms with Gasteiger partial charge in [-0.2, -0.15) is 0 Å². The van der Waals surface area contributed by atoms with Gasteiger partial charge in [0.2, 0.25) is 5.88 Å². The molecule has 10 heteroatoms. The number of benzene rings is 1. The lowest BCUT2D eigenvalue weighted by Crippen LogP contribution is -2.37. The Morgan fingerprint density at radius 2 is 2.15 bits per heavy atom. The molecule has 2 aromatic heterocycles. The number of fused-ring (bicyclic) bond motifs is 2. The average molecular weight is 469 g/mol. The van der Waals surface area contributed by atoms with Gasteiger partial charge in [-0.15, -0.1) is 6.42 Å². The number of aliphatic imine (C=N–C) groups is 1. The van der Waals surface area contributed by atoms with E-state index in [2.05, 4.69) is 25.9 Å². The van der Waals surface area contributed by atoms with Crippen LogP contribution in [0.3, 0.4) is 0 Å². The maximum absolute atomic E-state index is 14.9. The normalized spacial score (nSPS) is 23.5. The summed E-state index contributed by atoms with van der Waals surface area (Å²) < 4.78 is 49.3. The summed E-state index contributed by atoms with van der Waals surface area (Å²) in [5.74, 6) is 0.211. The molecule has 1 aromatic carbocycles. The van der Waals surface area contributed by atoms with Crippen molar-refractivity contribution in [3.63, 3.8) is 0 Å². The van der Waals surface area contributed by atoms with Gasteiger partial charge in [-0.3, -0.25) is 4.98 Å². The first kappa shape index (κ1) is 21.5. The fourth-order valence-corrected chi connectivity index (χ4v) is 5.50. The van der Waals surface area contributed by atoms with Crippen molar-refractivity contribution in [1.29, 1.82) is 0 Å². The van der Waals surface area contributed by atoms with Crippen LogP contribution in [-0.2, 0) is 12.0 Å². The van der Waals surface area contributed by atoms with E-state index in [1.54, 1.807) is 12.3 Å². The molecule has 3 atom stereocenters. The van der Waals surface area contributed by atoms with Crippen molar-refractivity contribution in [3.8, 4) is 18.2 Å². The Labute approximate surface area is 191 Å². The van der Waals surface area contributed by atoms with Crippen molar-refractivity contribution >= 4 is 28.0 Å². The maximum Gasteiger partial charge on any atom is 0.233 e. The quantitative estimate of drug-likeness (QED) is 0.556. The molecular weight excluding hydrogens is 451 g/mol. The minimum atomic E-state index is -1.52. The Morgan fingerprint density at radius 1 is 1.30 bits per heavy atom. The molecule has 2 aliphatic rings. The van der Waals surface area contributed by atoms with E-state index in [4.69, 9.17) is 16.9 Å². The van der Waals surface area contributed by atoms with Crippen molar-refractivity contribution in [3.05, 3.63) is 59.0 Å². The molecule has 0 saturated heterocycles. The number of nitrogens with zero attached hydrogens (tertiary/aromatic N) is 4. The molecule has 33 heavy (non-hydrogen) atoms. The Kier molecular flexibility index (Phi) is 5.37. The third kappa shape index (κ3) is 3.76. The minimum absolute atomic E-state index is 0.0550. The molecule has 6 nitrogen and oxygen atoms in total. The molecular formula is C23H18F3N5OS. The Hall–Kier alpha value is -3.32. The number of ether oxygens (including phenoxy) is 1. The molecule has 1 aliphatic carbocycles. The second-order valence-corrected chi connectivity index (χ2v) is 9.21. The summed E-state index contributed by atoms with van der Waals surface area (Å²) in [5, 5.41) is 0.246. The first-order valence-electron chi connectivity index (χ1n) is 10.2. The van der Waals surface area contributed by atoms with Crippen LogP contribution in [0.15, 0.2) is 35.6 Å². The standard InChI is InChI=1S/C23H18F3N5OS/c1-2-5-32-19-10-29-21-16(30-19)3-4-28-17(21)8-12-6-14(20(26)15(25)7-12)23(11-24)13-9-18(13)33-22(27)31-23/h1,3-4,6-7,10,13,18H,5,8-9,11H2,(H2,27,31)/t13-,18+,23+/m1/s1. The van der Waals surface area contributed by atoms with E-state index in [1.807, 2.05) is 0 Å². The minimum Gasteiger partial charge on any atom is -0.463 e.